The maximum absolute atomic E-state index is 10.8. The van der Waals surface area contributed by atoms with Gasteiger partial charge in [0.2, 0.25) is 0 Å². The molecule has 0 bridgehead atoms. The van der Waals surface area contributed by atoms with Gasteiger partial charge in [-0.05, 0) is 20.6 Å². The Morgan fingerprint density at radius 3 is 2.21 bits per heavy atom. The lowest BCUT2D eigenvalue weighted by Gasteiger charge is -1.98. The largest absolute Gasteiger partial charge is 0.433 e. The Hall–Kier alpha value is -1.46. The minimum Gasteiger partial charge on any atom is -0.433 e. The Kier molecular flexibility index (Phi) is 8.36. The molecule has 0 amide bonds. The standard InChI is InChI=1S/C6H11BN2O2S.C6H9BN2O2S/c1-4-5(3-10)12-6(8-4)9-7(2)11;1-4(10)5-3-8-6(12-5)9-7(2)11/h10-11H,3H2,1-2H3,(H,8,9);3,11H,1-2H3,(H,8,9). The summed E-state index contributed by atoms with van der Waals surface area (Å²) in [6, 6.07) is 0. The van der Waals surface area contributed by atoms with Crippen LogP contribution in [0.5, 0.6) is 0 Å². The number of ketones is 1. The van der Waals surface area contributed by atoms with Gasteiger partial charge in [-0.25, -0.2) is 9.97 Å². The van der Waals surface area contributed by atoms with Crippen molar-refractivity contribution in [3.8, 4) is 0 Å². The van der Waals surface area contributed by atoms with Gasteiger partial charge in [0.1, 0.15) is 0 Å². The van der Waals surface area contributed by atoms with Gasteiger partial charge in [0.25, 0.3) is 0 Å². The van der Waals surface area contributed by atoms with E-state index in [0.29, 0.717) is 15.1 Å². The topological polar surface area (TPSA) is 128 Å². The van der Waals surface area contributed by atoms with Gasteiger partial charge in [-0.15, -0.1) is 11.3 Å². The fraction of sp³-hybridized carbons (Fsp3) is 0.417. The average Bonchev–Trinajstić information content (AvgIpc) is 3.05. The molecule has 0 atom stereocenters. The molecule has 2 heterocycles. The van der Waals surface area contributed by atoms with Crippen LogP contribution in [0.1, 0.15) is 27.2 Å². The fourth-order valence-electron chi connectivity index (χ4n) is 1.50. The molecule has 0 aliphatic heterocycles. The van der Waals surface area contributed by atoms with Crippen LogP contribution in [0.3, 0.4) is 0 Å². The van der Waals surface area contributed by atoms with E-state index < -0.39 is 14.1 Å². The number of aromatic nitrogens is 2. The maximum Gasteiger partial charge on any atom is 0.408 e. The van der Waals surface area contributed by atoms with Crippen molar-refractivity contribution in [1.29, 1.82) is 0 Å². The summed E-state index contributed by atoms with van der Waals surface area (Å²) in [7, 11) is -1.25. The van der Waals surface area contributed by atoms with Crippen molar-refractivity contribution in [2.45, 2.75) is 34.1 Å². The number of rotatable bonds is 6. The van der Waals surface area contributed by atoms with Crippen molar-refractivity contribution in [2.75, 3.05) is 10.5 Å². The average molecular weight is 370 g/mol. The quantitative estimate of drug-likeness (QED) is 0.381. The van der Waals surface area contributed by atoms with Crippen LogP contribution in [-0.4, -0.2) is 45.0 Å². The molecule has 8 nitrogen and oxygen atoms in total. The van der Waals surface area contributed by atoms with Crippen molar-refractivity contribution < 1.29 is 19.9 Å². The van der Waals surface area contributed by atoms with Gasteiger partial charge in [0, 0.05) is 6.92 Å². The summed E-state index contributed by atoms with van der Waals surface area (Å²) in [4.78, 5) is 20.3. The van der Waals surface area contributed by atoms with Gasteiger partial charge in [-0.1, -0.05) is 11.3 Å². The number of thiazole rings is 2. The first-order valence-electron chi connectivity index (χ1n) is 7.16. The molecule has 0 radical (unpaired) electrons. The smallest absolute Gasteiger partial charge is 0.408 e. The second-order valence-corrected chi connectivity index (χ2v) is 7.03. The summed E-state index contributed by atoms with van der Waals surface area (Å²) >= 11 is 2.59. The molecule has 0 saturated carbocycles. The molecule has 0 saturated heterocycles. The van der Waals surface area contributed by atoms with E-state index in [2.05, 4.69) is 20.4 Å². The molecule has 0 aromatic carbocycles. The van der Waals surface area contributed by atoms with E-state index >= 15 is 0 Å². The monoisotopic (exact) mass is 370 g/mol. The molecular formula is C12H20B2N4O4S2. The van der Waals surface area contributed by atoms with Crippen LogP contribution in [0.4, 0.5) is 10.3 Å². The van der Waals surface area contributed by atoms with E-state index in [-0.39, 0.29) is 12.4 Å². The number of hydrogen-bond donors (Lipinski definition) is 5. The number of aliphatic hydroxyl groups excluding tert-OH is 1. The normalized spacial score (nSPS) is 9.79. The van der Waals surface area contributed by atoms with Crippen molar-refractivity contribution in [3.63, 3.8) is 0 Å². The van der Waals surface area contributed by atoms with E-state index in [9.17, 15) is 4.79 Å². The molecular weight excluding hydrogens is 350 g/mol. The third-order valence-corrected chi connectivity index (χ3v) is 4.66. The highest BCUT2D eigenvalue weighted by molar-refractivity contribution is 7.18. The second-order valence-electron chi connectivity index (χ2n) is 4.91. The first-order chi connectivity index (χ1) is 11.2. The first kappa shape index (κ1) is 20.6. The molecule has 0 fully saturated rings. The predicted octanol–water partition coefficient (Wildman–Crippen LogP) is 1.33. The lowest BCUT2D eigenvalue weighted by atomic mass is 9.90. The van der Waals surface area contributed by atoms with E-state index in [1.165, 1.54) is 35.8 Å². The number of aliphatic hydroxyl groups is 1. The molecule has 0 spiro atoms. The fourth-order valence-corrected chi connectivity index (χ4v) is 3.19. The minimum absolute atomic E-state index is 0.00495. The highest BCUT2D eigenvalue weighted by atomic mass is 32.1. The molecule has 12 heteroatoms. The molecule has 0 aliphatic carbocycles. The maximum atomic E-state index is 10.8. The van der Waals surface area contributed by atoms with Crippen LogP contribution >= 0.6 is 22.7 Å². The van der Waals surface area contributed by atoms with Gasteiger partial charge >= 0.3 is 14.1 Å². The molecule has 0 aliphatic rings. The summed E-state index contributed by atoms with van der Waals surface area (Å²) in [5, 5.41) is 33.4. The highest BCUT2D eigenvalue weighted by Gasteiger charge is 2.10. The molecule has 130 valence electrons. The minimum atomic E-state index is -0.643. The van der Waals surface area contributed by atoms with Crippen molar-refractivity contribution in [1.82, 2.24) is 9.97 Å². The van der Waals surface area contributed by atoms with Gasteiger partial charge in [0.05, 0.1) is 28.3 Å². The number of aryl methyl sites for hydroxylation is 1. The van der Waals surface area contributed by atoms with Crippen LogP contribution in [0.2, 0.25) is 13.6 Å². The third kappa shape index (κ3) is 6.97. The summed E-state index contributed by atoms with van der Waals surface area (Å²) in [6.07, 6.45) is 1.50. The van der Waals surface area contributed by atoms with Crippen LogP contribution in [0, 0.1) is 6.92 Å². The summed E-state index contributed by atoms with van der Waals surface area (Å²) < 4.78 is 0. The molecule has 2 rings (SSSR count). The third-order valence-electron chi connectivity index (χ3n) is 2.55. The zero-order chi connectivity index (χ0) is 18.3. The van der Waals surface area contributed by atoms with Crippen molar-refractivity contribution in [2.24, 2.45) is 0 Å². The molecule has 5 N–H and O–H groups in total. The Morgan fingerprint density at radius 1 is 1.21 bits per heavy atom. The number of carbonyl (C=O) groups is 1. The Morgan fingerprint density at radius 2 is 1.79 bits per heavy atom. The lowest BCUT2D eigenvalue weighted by molar-refractivity contribution is 0.102. The number of carbonyl (C=O) groups excluding carboxylic acids is 1. The number of Topliss-reactive ketones (excluding diaryl/α,β-unsaturated/α-hetero) is 1. The van der Waals surface area contributed by atoms with Gasteiger partial charge in [0.15, 0.2) is 16.0 Å². The van der Waals surface area contributed by atoms with E-state index in [1.807, 2.05) is 6.92 Å². The zero-order valence-corrected chi connectivity index (χ0v) is 15.5. The molecule has 2 aromatic heterocycles. The van der Waals surface area contributed by atoms with Crippen LogP contribution in [-0.2, 0) is 6.61 Å². The molecule has 24 heavy (non-hydrogen) atoms. The van der Waals surface area contributed by atoms with Gasteiger partial charge < -0.3 is 25.6 Å². The molecule has 0 unspecified atom stereocenters. The summed E-state index contributed by atoms with van der Waals surface area (Å²) in [6.45, 7) is 6.53. The van der Waals surface area contributed by atoms with Crippen molar-refractivity contribution in [3.05, 3.63) is 21.6 Å². The lowest BCUT2D eigenvalue weighted by Crippen LogP contribution is -2.19. The summed E-state index contributed by atoms with van der Waals surface area (Å²) in [5.74, 6) is -0.00820. The van der Waals surface area contributed by atoms with E-state index in [4.69, 9.17) is 15.2 Å². The van der Waals surface area contributed by atoms with Gasteiger partial charge in [-0.2, -0.15) is 0 Å². The zero-order valence-electron chi connectivity index (χ0n) is 13.9. The van der Waals surface area contributed by atoms with Gasteiger partial charge in [-0.3, -0.25) is 4.79 Å². The summed E-state index contributed by atoms with van der Waals surface area (Å²) in [5.41, 5.74) is 0.811. The SMILES string of the molecule is CB(O)Nc1nc(C)c(CO)s1.CB(O)Nc1ncc(C(C)=O)s1. The Bertz CT molecular complexity index is 663. The number of hydrogen-bond acceptors (Lipinski definition) is 10. The highest BCUT2D eigenvalue weighted by Crippen LogP contribution is 2.22. The van der Waals surface area contributed by atoms with Crippen LogP contribution < -0.4 is 10.5 Å². The van der Waals surface area contributed by atoms with E-state index in [0.717, 1.165) is 10.6 Å². The van der Waals surface area contributed by atoms with Crippen molar-refractivity contribution >= 4 is 52.8 Å². The second kappa shape index (κ2) is 9.74. The molecule has 2 aromatic rings. The Balaban J connectivity index is 0.000000240. The predicted molar refractivity (Wildman–Crippen MR) is 99.8 cm³/mol. The van der Waals surface area contributed by atoms with E-state index in [1.54, 1.807) is 13.6 Å². The first-order valence-corrected chi connectivity index (χ1v) is 8.79. The number of nitrogens with one attached hydrogen (secondary N) is 2. The Labute approximate surface area is 149 Å². The number of nitrogens with zero attached hydrogens (tertiary/aromatic N) is 2. The number of anilines is 2. The van der Waals surface area contributed by atoms with Crippen LogP contribution in [0.15, 0.2) is 6.20 Å². The van der Waals surface area contributed by atoms with Crippen LogP contribution in [0.25, 0.3) is 0 Å².